The van der Waals surface area contributed by atoms with Gasteiger partial charge in [0.15, 0.2) is 0 Å². The summed E-state index contributed by atoms with van der Waals surface area (Å²) in [6, 6.07) is 9.15. The van der Waals surface area contributed by atoms with Crippen LogP contribution in [0.2, 0.25) is 0 Å². The van der Waals surface area contributed by atoms with Gasteiger partial charge < -0.3 is 5.73 Å². The standard InChI is InChI=1S/C17H27N/c1-17(2,13-18)16-10-8-15(9-11-16)12-14-6-4-3-5-7-14/h8-11,14H,3-7,12-13,18H2,1-2H3. The normalized spacial score (nSPS) is 17.9. The van der Waals surface area contributed by atoms with Crippen molar-refractivity contribution in [2.45, 2.75) is 57.8 Å². The Morgan fingerprint density at radius 3 is 2.22 bits per heavy atom. The molecular weight excluding hydrogens is 218 g/mol. The van der Waals surface area contributed by atoms with Crippen LogP contribution in [0.3, 0.4) is 0 Å². The van der Waals surface area contributed by atoms with Crippen molar-refractivity contribution in [2.24, 2.45) is 11.7 Å². The lowest BCUT2D eigenvalue weighted by atomic mass is 9.82. The second-order valence-electron chi connectivity index (χ2n) is 6.49. The monoisotopic (exact) mass is 245 g/mol. The smallest absolute Gasteiger partial charge is 0.00190 e. The van der Waals surface area contributed by atoms with Crippen LogP contribution in [-0.4, -0.2) is 6.54 Å². The molecule has 2 N–H and O–H groups in total. The Morgan fingerprint density at radius 1 is 1.06 bits per heavy atom. The molecule has 0 radical (unpaired) electrons. The second kappa shape index (κ2) is 5.88. The van der Waals surface area contributed by atoms with Crippen LogP contribution in [0, 0.1) is 5.92 Å². The van der Waals surface area contributed by atoms with Gasteiger partial charge in [0, 0.05) is 12.0 Å². The summed E-state index contributed by atoms with van der Waals surface area (Å²) in [6.07, 6.45) is 8.43. The van der Waals surface area contributed by atoms with E-state index in [4.69, 9.17) is 5.73 Å². The number of nitrogens with two attached hydrogens (primary N) is 1. The third-order valence-electron chi connectivity index (χ3n) is 4.49. The molecule has 0 amide bonds. The van der Waals surface area contributed by atoms with Crippen LogP contribution >= 0.6 is 0 Å². The zero-order valence-corrected chi connectivity index (χ0v) is 11.9. The van der Waals surface area contributed by atoms with Crippen molar-refractivity contribution in [1.29, 1.82) is 0 Å². The molecule has 1 aromatic rings. The van der Waals surface area contributed by atoms with E-state index >= 15 is 0 Å². The quantitative estimate of drug-likeness (QED) is 0.851. The highest BCUT2D eigenvalue weighted by Gasteiger charge is 2.18. The van der Waals surface area contributed by atoms with Crippen LogP contribution in [0.1, 0.15) is 57.1 Å². The van der Waals surface area contributed by atoms with Crippen molar-refractivity contribution >= 4 is 0 Å². The summed E-state index contributed by atoms with van der Waals surface area (Å²) in [6.45, 7) is 5.13. The van der Waals surface area contributed by atoms with E-state index < -0.39 is 0 Å². The van der Waals surface area contributed by atoms with E-state index in [1.165, 1.54) is 49.7 Å². The van der Waals surface area contributed by atoms with Gasteiger partial charge in [-0.1, -0.05) is 70.2 Å². The van der Waals surface area contributed by atoms with E-state index in [1.807, 2.05) is 0 Å². The molecule has 1 heteroatoms. The molecule has 1 fully saturated rings. The van der Waals surface area contributed by atoms with E-state index in [1.54, 1.807) is 0 Å². The van der Waals surface area contributed by atoms with Gasteiger partial charge >= 0.3 is 0 Å². The molecule has 0 heterocycles. The van der Waals surface area contributed by atoms with Gasteiger partial charge in [-0.3, -0.25) is 0 Å². The maximum Gasteiger partial charge on any atom is 0.00190 e. The summed E-state index contributed by atoms with van der Waals surface area (Å²) >= 11 is 0. The molecule has 0 spiro atoms. The highest BCUT2D eigenvalue weighted by Crippen LogP contribution is 2.28. The Kier molecular flexibility index (Phi) is 4.45. The summed E-state index contributed by atoms with van der Waals surface area (Å²) in [5, 5.41) is 0. The zero-order chi connectivity index (χ0) is 13.0. The third kappa shape index (κ3) is 3.35. The Labute approximate surface area is 112 Å². The largest absolute Gasteiger partial charge is 0.330 e. The first kappa shape index (κ1) is 13.6. The summed E-state index contributed by atoms with van der Waals surface area (Å²) in [4.78, 5) is 0. The summed E-state index contributed by atoms with van der Waals surface area (Å²) in [5.41, 5.74) is 8.78. The van der Waals surface area contributed by atoms with Crippen LogP contribution in [0.25, 0.3) is 0 Å². The first-order chi connectivity index (χ1) is 8.62. The molecular formula is C17H27N. The molecule has 0 unspecified atom stereocenters. The van der Waals surface area contributed by atoms with Gasteiger partial charge in [-0.2, -0.15) is 0 Å². The molecule has 0 bridgehead atoms. The number of hydrogen-bond donors (Lipinski definition) is 1. The average Bonchev–Trinajstić information content (AvgIpc) is 2.40. The second-order valence-corrected chi connectivity index (χ2v) is 6.49. The molecule has 100 valence electrons. The molecule has 1 nitrogen and oxygen atoms in total. The number of benzene rings is 1. The van der Waals surface area contributed by atoms with Crippen LogP contribution in [0.4, 0.5) is 0 Å². The molecule has 1 aliphatic rings. The van der Waals surface area contributed by atoms with E-state index in [0.29, 0.717) is 6.54 Å². The van der Waals surface area contributed by atoms with Crippen molar-refractivity contribution in [3.63, 3.8) is 0 Å². The lowest BCUT2D eigenvalue weighted by Gasteiger charge is -2.24. The fourth-order valence-electron chi connectivity index (χ4n) is 2.93. The fourth-order valence-corrected chi connectivity index (χ4v) is 2.93. The minimum atomic E-state index is 0.101. The van der Waals surface area contributed by atoms with Gasteiger partial charge in [0.1, 0.15) is 0 Å². The summed E-state index contributed by atoms with van der Waals surface area (Å²) < 4.78 is 0. The first-order valence-corrected chi connectivity index (χ1v) is 7.41. The molecule has 0 saturated heterocycles. The maximum atomic E-state index is 5.83. The predicted octanol–water partition coefficient (Wildman–Crippen LogP) is 4.05. The summed E-state index contributed by atoms with van der Waals surface area (Å²) in [7, 11) is 0. The van der Waals surface area contributed by atoms with Crippen molar-refractivity contribution in [2.75, 3.05) is 6.54 Å². The molecule has 1 aromatic carbocycles. The minimum absolute atomic E-state index is 0.101. The Bertz CT molecular complexity index is 358. The van der Waals surface area contributed by atoms with Gasteiger partial charge in [0.25, 0.3) is 0 Å². The lowest BCUT2D eigenvalue weighted by Crippen LogP contribution is -2.27. The van der Waals surface area contributed by atoms with Gasteiger partial charge in [-0.15, -0.1) is 0 Å². The van der Waals surface area contributed by atoms with Gasteiger partial charge in [-0.05, 0) is 23.5 Å². The van der Waals surface area contributed by atoms with Gasteiger partial charge in [0.05, 0.1) is 0 Å². The number of rotatable bonds is 4. The molecule has 18 heavy (non-hydrogen) atoms. The van der Waals surface area contributed by atoms with Crippen LogP contribution in [0.5, 0.6) is 0 Å². The number of hydrogen-bond acceptors (Lipinski definition) is 1. The predicted molar refractivity (Wildman–Crippen MR) is 78.8 cm³/mol. The molecule has 0 aromatic heterocycles. The minimum Gasteiger partial charge on any atom is -0.330 e. The highest BCUT2D eigenvalue weighted by molar-refractivity contribution is 5.28. The van der Waals surface area contributed by atoms with Gasteiger partial charge in [0.2, 0.25) is 0 Å². The van der Waals surface area contributed by atoms with Crippen molar-refractivity contribution in [3.05, 3.63) is 35.4 Å². The molecule has 1 aliphatic carbocycles. The molecule has 0 atom stereocenters. The molecule has 2 rings (SSSR count). The van der Waals surface area contributed by atoms with E-state index in [0.717, 1.165) is 5.92 Å². The van der Waals surface area contributed by atoms with Crippen molar-refractivity contribution < 1.29 is 0 Å². The average molecular weight is 245 g/mol. The van der Waals surface area contributed by atoms with E-state index in [-0.39, 0.29) is 5.41 Å². The van der Waals surface area contributed by atoms with Crippen LogP contribution in [-0.2, 0) is 11.8 Å². The lowest BCUT2D eigenvalue weighted by molar-refractivity contribution is 0.356. The Morgan fingerprint density at radius 2 is 1.67 bits per heavy atom. The molecule has 0 aliphatic heterocycles. The highest BCUT2D eigenvalue weighted by atomic mass is 14.6. The first-order valence-electron chi connectivity index (χ1n) is 7.41. The van der Waals surface area contributed by atoms with E-state index in [9.17, 15) is 0 Å². The maximum absolute atomic E-state index is 5.83. The third-order valence-corrected chi connectivity index (χ3v) is 4.49. The van der Waals surface area contributed by atoms with Crippen molar-refractivity contribution in [3.8, 4) is 0 Å². The van der Waals surface area contributed by atoms with Crippen molar-refractivity contribution in [1.82, 2.24) is 0 Å². The summed E-state index contributed by atoms with van der Waals surface area (Å²) in [5.74, 6) is 0.923. The van der Waals surface area contributed by atoms with Gasteiger partial charge in [-0.25, -0.2) is 0 Å². The topological polar surface area (TPSA) is 26.0 Å². The Balaban J connectivity index is 1.99. The molecule has 1 saturated carbocycles. The fraction of sp³-hybridized carbons (Fsp3) is 0.647. The van der Waals surface area contributed by atoms with Crippen LogP contribution < -0.4 is 5.73 Å². The SMILES string of the molecule is CC(C)(CN)c1ccc(CC2CCCCC2)cc1. The Hall–Kier alpha value is -0.820. The van der Waals surface area contributed by atoms with Crippen LogP contribution in [0.15, 0.2) is 24.3 Å². The zero-order valence-electron chi connectivity index (χ0n) is 11.9. The van der Waals surface area contributed by atoms with E-state index in [2.05, 4.69) is 38.1 Å².